The molecule has 2 aromatic carbocycles. The zero-order chi connectivity index (χ0) is 19.7. The third-order valence-corrected chi connectivity index (χ3v) is 5.64. The Morgan fingerprint density at radius 1 is 1.18 bits per heavy atom. The fourth-order valence-electron chi connectivity index (χ4n) is 4.24. The number of benzene rings is 2. The number of fused-ring (bicyclic) bond motifs is 2. The minimum Gasteiger partial charge on any atom is -0.497 e. The predicted molar refractivity (Wildman–Crippen MR) is 106 cm³/mol. The summed E-state index contributed by atoms with van der Waals surface area (Å²) >= 11 is 0. The highest BCUT2D eigenvalue weighted by molar-refractivity contribution is 6.09. The lowest BCUT2D eigenvalue weighted by molar-refractivity contribution is -0.122. The van der Waals surface area contributed by atoms with Crippen LogP contribution in [0.15, 0.2) is 48.5 Å². The maximum Gasteiger partial charge on any atom is 0.409 e. The molecule has 0 bridgehead atoms. The molecule has 2 aliphatic heterocycles. The molecule has 1 fully saturated rings. The van der Waals surface area contributed by atoms with Crippen molar-refractivity contribution in [1.82, 2.24) is 4.90 Å². The molecule has 146 valence electrons. The largest absolute Gasteiger partial charge is 0.497 e. The van der Waals surface area contributed by atoms with Gasteiger partial charge in [0.05, 0.1) is 25.7 Å². The molecular weight excluding hydrogens is 356 g/mol. The van der Waals surface area contributed by atoms with Crippen molar-refractivity contribution in [1.29, 1.82) is 0 Å². The molecule has 0 saturated carbocycles. The van der Waals surface area contributed by atoms with E-state index in [2.05, 4.69) is 0 Å². The fourth-order valence-corrected chi connectivity index (χ4v) is 4.24. The van der Waals surface area contributed by atoms with Crippen molar-refractivity contribution in [3.05, 3.63) is 59.7 Å². The van der Waals surface area contributed by atoms with Crippen LogP contribution in [0.4, 0.5) is 10.5 Å². The molecule has 0 radical (unpaired) electrons. The van der Waals surface area contributed by atoms with Crippen molar-refractivity contribution in [3.63, 3.8) is 0 Å². The maximum atomic E-state index is 13.6. The van der Waals surface area contributed by atoms with Gasteiger partial charge in [-0.25, -0.2) is 4.79 Å². The van der Waals surface area contributed by atoms with Crippen LogP contribution >= 0.6 is 0 Å². The third-order valence-electron chi connectivity index (χ3n) is 5.64. The summed E-state index contributed by atoms with van der Waals surface area (Å²) in [6, 6.07) is 15.7. The summed E-state index contributed by atoms with van der Waals surface area (Å²) in [6.07, 6.45) is 0.217. The number of amides is 2. The van der Waals surface area contributed by atoms with Gasteiger partial charge in [0.1, 0.15) is 5.75 Å². The molecule has 1 saturated heterocycles. The Morgan fingerprint density at radius 3 is 2.68 bits per heavy atom. The van der Waals surface area contributed by atoms with Crippen LogP contribution in [-0.4, -0.2) is 43.7 Å². The van der Waals surface area contributed by atoms with Gasteiger partial charge in [-0.2, -0.15) is 0 Å². The first kappa shape index (κ1) is 18.3. The summed E-state index contributed by atoms with van der Waals surface area (Å²) in [7, 11) is 1.62. The first-order valence-corrected chi connectivity index (χ1v) is 9.55. The second kappa shape index (κ2) is 7.19. The second-order valence-corrected chi connectivity index (χ2v) is 7.21. The molecule has 0 unspecified atom stereocenters. The first-order valence-electron chi connectivity index (χ1n) is 9.55. The van der Waals surface area contributed by atoms with E-state index in [0.29, 0.717) is 38.4 Å². The van der Waals surface area contributed by atoms with Crippen LogP contribution < -0.4 is 9.64 Å². The van der Waals surface area contributed by atoms with Gasteiger partial charge in [-0.3, -0.25) is 4.79 Å². The van der Waals surface area contributed by atoms with Gasteiger partial charge in [0.15, 0.2) is 0 Å². The van der Waals surface area contributed by atoms with E-state index in [1.807, 2.05) is 53.4 Å². The van der Waals surface area contributed by atoms with E-state index in [1.165, 1.54) is 0 Å². The summed E-state index contributed by atoms with van der Waals surface area (Å²) < 4.78 is 10.6. The van der Waals surface area contributed by atoms with Gasteiger partial charge in [0.25, 0.3) is 0 Å². The first-order chi connectivity index (χ1) is 13.6. The molecule has 2 amide bonds. The number of methoxy groups -OCH3 is 1. The normalized spacial score (nSPS) is 20.6. The van der Waals surface area contributed by atoms with Crippen LogP contribution in [-0.2, 0) is 21.5 Å². The van der Waals surface area contributed by atoms with E-state index in [4.69, 9.17) is 9.47 Å². The lowest BCUT2D eigenvalue weighted by Gasteiger charge is -2.24. The Labute approximate surface area is 164 Å². The van der Waals surface area contributed by atoms with Crippen molar-refractivity contribution in [3.8, 4) is 5.75 Å². The Bertz CT molecular complexity index is 899. The van der Waals surface area contributed by atoms with Crippen LogP contribution in [0.1, 0.15) is 24.5 Å². The molecule has 28 heavy (non-hydrogen) atoms. The summed E-state index contributed by atoms with van der Waals surface area (Å²) in [4.78, 5) is 29.3. The Morgan fingerprint density at radius 2 is 1.96 bits per heavy atom. The molecule has 6 heteroatoms. The average molecular weight is 380 g/mol. The lowest BCUT2D eigenvalue weighted by atomic mass is 9.81. The molecule has 2 aromatic rings. The van der Waals surface area contributed by atoms with Crippen LogP contribution in [0.5, 0.6) is 5.75 Å². The highest BCUT2D eigenvalue weighted by Crippen LogP contribution is 2.49. The standard InChI is InChI=1S/C22H24N2O4/c1-3-28-21(26)23-12-11-22(15-23)18-13-17(27-2)9-10-19(18)24(20(22)25)14-16-7-5-4-6-8-16/h4-10,13H,3,11-12,14-15H2,1-2H3/t22-/m0/s1. The van der Waals surface area contributed by atoms with Crippen LogP contribution in [0, 0.1) is 0 Å². The summed E-state index contributed by atoms with van der Waals surface area (Å²) in [5, 5.41) is 0. The SMILES string of the molecule is CCOC(=O)N1CC[C@@]2(C1)C(=O)N(Cc1ccccc1)c1ccc(OC)cc12. The van der Waals surface area contributed by atoms with E-state index in [1.54, 1.807) is 18.9 Å². The van der Waals surface area contributed by atoms with Crippen LogP contribution in [0.3, 0.4) is 0 Å². The minimum atomic E-state index is -0.745. The van der Waals surface area contributed by atoms with Crippen LogP contribution in [0.2, 0.25) is 0 Å². The Hall–Kier alpha value is -3.02. The van der Waals surface area contributed by atoms with Gasteiger partial charge < -0.3 is 19.3 Å². The Kier molecular flexibility index (Phi) is 4.71. The Balaban J connectivity index is 1.72. The molecule has 2 aliphatic rings. The van der Waals surface area contributed by atoms with Crippen molar-refractivity contribution in [2.75, 3.05) is 31.7 Å². The molecular formula is C22H24N2O4. The molecule has 0 N–H and O–H groups in total. The molecule has 1 spiro atoms. The zero-order valence-electron chi connectivity index (χ0n) is 16.2. The van der Waals surface area contributed by atoms with Gasteiger partial charge in [-0.15, -0.1) is 0 Å². The topological polar surface area (TPSA) is 59.1 Å². The van der Waals surface area contributed by atoms with E-state index in [9.17, 15) is 9.59 Å². The smallest absolute Gasteiger partial charge is 0.409 e. The number of rotatable bonds is 4. The molecule has 0 aliphatic carbocycles. The number of likely N-dealkylation sites (tertiary alicyclic amines) is 1. The quantitative estimate of drug-likeness (QED) is 0.816. The lowest BCUT2D eigenvalue weighted by Crippen LogP contribution is -2.43. The van der Waals surface area contributed by atoms with E-state index in [-0.39, 0.29) is 12.0 Å². The van der Waals surface area contributed by atoms with Crippen molar-refractivity contribution >= 4 is 17.7 Å². The number of carbonyl (C=O) groups is 2. The predicted octanol–water partition coefficient (Wildman–Crippen LogP) is 3.34. The number of anilines is 1. The second-order valence-electron chi connectivity index (χ2n) is 7.21. The van der Waals surface area contributed by atoms with Gasteiger partial charge in [0, 0.05) is 18.8 Å². The monoisotopic (exact) mass is 380 g/mol. The maximum absolute atomic E-state index is 13.6. The van der Waals surface area contributed by atoms with Crippen LogP contribution in [0.25, 0.3) is 0 Å². The van der Waals surface area contributed by atoms with E-state index in [0.717, 1.165) is 16.8 Å². The van der Waals surface area contributed by atoms with Gasteiger partial charge >= 0.3 is 6.09 Å². The third kappa shape index (κ3) is 2.89. The fraction of sp³-hybridized carbons (Fsp3) is 0.364. The van der Waals surface area contributed by atoms with E-state index >= 15 is 0 Å². The minimum absolute atomic E-state index is 0.0337. The number of nitrogens with zero attached hydrogens (tertiary/aromatic N) is 2. The van der Waals surface area contributed by atoms with Crippen molar-refractivity contribution in [2.45, 2.75) is 25.3 Å². The van der Waals surface area contributed by atoms with Gasteiger partial charge in [-0.05, 0) is 42.7 Å². The van der Waals surface area contributed by atoms with Crippen molar-refractivity contribution in [2.24, 2.45) is 0 Å². The number of hydrogen-bond acceptors (Lipinski definition) is 4. The zero-order valence-corrected chi connectivity index (χ0v) is 16.2. The summed E-state index contributed by atoms with van der Waals surface area (Å²) in [5.74, 6) is 0.744. The number of carbonyl (C=O) groups excluding carboxylic acids is 2. The van der Waals surface area contributed by atoms with Crippen molar-refractivity contribution < 1.29 is 19.1 Å². The highest BCUT2D eigenvalue weighted by atomic mass is 16.6. The molecule has 0 aromatic heterocycles. The molecule has 2 heterocycles. The van der Waals surface area contributed by atoms with Gasteiger partial charge in [-0.1, -0.05) is 30.3 Å². The number of ether oxygens (including phenoxy) is 2. The van der Waals surface area contributed by atoms with E-state index < -0.39 is 5.41 Å². The average Bonchev–Trinajstić information content (AvgIpc) is 3.26. The van der Waals surface area contributed by atoms with Gasteiger partial charge in [0.2, 0.25) is 5.91 Å². The number of hydrogen-bond donors (Lipinski definition) is 0. The molecule has 6 nitrogen and oxygen atoms in total. The summed E-state index contributed by atoms with van der Waals surface area (Å²) in [5.41, 5.74) is 2.14. The molecule has 4 rings (SSSR count). The summed E-state index contributed by atoms with van der Waals surface area (Å²) in [6.45, 7) is 3.43. The molecule has 1 atom stereocenters. The highest BCUT2D eigenvalue weighted by Gasteiger charge is 2.55.